The van der Waals surface area contributed by atoms with Crippen molar-refractivity contribution in [2.75, 3.05) is 18.5 Å². The van der Waals surface area contributed by atoms with Crippen molar-refractivity contribution in [3.8, 4) is 11.5 Å². The first kappa shape index (κ1) is 15.1. The van der Waals surface area contributed by atoms with Crippen molar-refractivity contribution in [2.24, 2.45) is 0 Å². The molecule has 124 valence electrons. The number of hydrogen-bond donors (Lipinski definition) is 1. The zero-order chi connectivity index (χ0) is 16.4. The summed E-state index contributed by atoms with van der Waals surface area (Å²) in [6, 6.07) is 5.64. The Morgan fingerprint density at radius 3 is 2.88 bits per heavy atom. The molecule has 4 rings (SSSR count). The first-order chi connectivity index (χ1) is 11.8. The summed E-state index contributed by atoms with van der Waals surface area (Å²) in [5.74, 6) is 1.79. The molecule has 1 saturated carbocycles. The summed E-state index contributed by atoms with van der Waals surface area (Å²) in [7, 11) is 0. The highest BCUT2D eigenvalue weighted by Crippen LogP contribution is 2.42. The molecule has 1 aliphatic heterocycles. The summed E-state index contributed by atoms with van der Waals surface area (Å²) >= 11 is 1.45. The standard InChI is InChI=1S/C17H17N3O3S/c21-15(18-17-20-19-16(24-17)12-4-5-12)7-3-11-2-6-13-14(10-11)23-9-1-8-22-13/h2-3,6-7,10,12H,1,4-5,8-9H2,(H,18,20,21). The maximum absolute atomic E-state index is 12.0. The summed E-state index contributed by atoms with van der Waals surface area (Å²) in [4.78, 5) is 12.0. The highest BCUT2D eigenvalue weighted by molar-refractivity contribution is 7.15. The summed E-state index contributed by atoms with van der Waals surface area (Å²) in [5, 5.41) is 12.4. The van der Waals surface area contributed by atoms with E-state index in [1.807, 2.05) is 18.2 Å². The molecule has 0 radical (unpaired) electrons. The van der Waals surface area contributed by atoms with Gasteiger partial charge >= 0.3 is 0 Å². The highest BCUT2D eigenvalue weighted by Gasteiger charge is 2.27. The van der Waals surface area contributed by atoms with Crippen LogP contribution in [0.1, 0.15) is 35.8 Å². The lowest BCUT2D eigenvalue weighted by atomic mass is 10.2. The molecule has 1 aromatic carbocycles. The lowest BCUT2D eigenvalue weighted by molar-refractivity contribution is -0.111. The number of amides is 1. The monoisotopic (exact) mass is 343 g/mol. The van der Waals surface area contributed by atoms with Gasteiger partial charge in [0.1, 0.15) is 5.01 Å². The van der Waals surface area contributed by atoms with Crippen LogP contribution < -0.4 is 14.8 Å². The number of fused-ring (bicyclic) bond motifs is 1. The number of aromatic nitrogens is 2. The molecule has 24 heavy (non-hydrogen) atoms. The number of nitrogens with zero attached hydrogens (tertiary/aromatic N) is 2. The predicted molar refractivity (Wildman–Crippen MR) is 91.6 cm³/mol. The Kier molecular flexibility index (Phi) is 4.17. The minimum atomic E-state index is -0.222. The van der Waals surface area contributed by atoms with Crippen LogP contribution in [-0.2, 0) is 4.79 Å². The maximum atomic E-state index is 12.0. The van der Waals surface area contributed by atoms with Gasteiger partial charge in [-0.25, -0.2) is 0 Å². The van der Waals surface area contributed by atoms with Gasteiger partial charge in [0, 0.05) is 18.4 Å². The van der Waals surface area contributed by atoms with Crippen LogP contribution in [-0.4, -0.2) is 29.3 Å². The van der Waals surface area contributed by atoms with Crippen LogP contribution in [0.5, 0.6) is 11.5 Å². The summed E-state index contributed by atoms with van der Waals surface area (Å²) in [6.07, 6.45) is 6.44. The Balaban J connectivity index is 1.40. The molecule has 0 unspecified atom stereocenters. The first-order valence-electron chi connectivity index (χ1n) is 8.00. The van der Waals surface area contributed by atoms with Gasteiger partial charge in [-0.05, 0) is 36.6 Å². The van der Waals surface area contributed by atoms with Gasteiger partial charge in [0.25, 0.3) is 0 Å². The number of ether oxygens (including phenoxy) is 2. The van der Waals surface area contributed by atoms with E-state index in [0.29, 0.717) is 30.0 Å². The Morgan fingerprint density at radius 2 is 2.04 bits per heavy atom. The lowest BCUT2D eigenvalue weighted by Crippen LogP contribution is -2.07. The molecular formula is C17H17N3O3S. The highest BCUT2D eigenvalue weighted by atomic mass is 32.1. The molecule has 0 spiro atoms. The van der Waals surface area contributed by atoms with E-state index in [0.717, 1.165) is 22.7 Å². The van der Waals surface area contributed by atoms with Crippen LogP contribution in [0.3, 0.4) is 0 Å². The average Bonchev–Trinajstić information content (AvgIpc) is 3.37. The Labute approximate surface area is 143 Å². The number of anilines is 1. The van der Waals surface area contributed by atoms with Crippen molar-refractivity contribution in [1.29, 1.82) is 0 Å². The van der Waals surface area contributed by atoms with E-state index in [9.17, 15) is 4.79 Å². The smallest absolute Gasteiger partial charge is 0.250 e. The van der Waals surface area contributed by atoms with Gasteiger partial charge in [0.2, 0.25) is 11.0 Å². The van der Waals surface area contributed by atoms with Gasteiger partial charge in [-0.3, -0.25) is 10.1 Å². The van der Waals surface area contributed by atoms with E-state index in [1.54, 1.807) is 6.08 Å². The SMILES string of the molecule is O=C(C=Cc1ccc2c(c1)OCCCO2)Nc1nnc(C2CC2)s1. The second-order valence-corrected chi connectivity index (χ2v) is 6.81. The van der Waals surface area contributed by atoms with Gasteiger partial charge < -0.3 is 9.47 Å². The van der Waals surface area contributed by atoms with Crippen LogP contribution in [0.25, 0.3) is 6.08 Å². The fourth-order valence-corrected chi connectivity index (χ4v) is 3.30. The van der Waals surface area contributed by atoms with Crippen molar-refractivity contribution in [2.45, 2.75) is 25.2 Å². The van der Waals surface area contributed by atoms with Gasteiger partial charge in [-0.2, -0.15) is 0 Å². The van der Waals surface area contributed by atoms with Crippen molar-refractivity contribution in [3.63, 3.8) is 0 Å². The van der Waals surface area contributed by atoms with Gasteiger partial charge in [0.05, 0.1) is 13.2 Å². The van der Waals surface area contributed by atoms with E-state index < -0.39 is 0 Å². The van der Waals surface area contributed by atoms with Crippen molar-refractivity contribution in [3.05, 3.63) is 34.8 Å². The van der Waals surface area contributed by atoms with Gasteiger partial charge in [-0.15, -0.1) is 10.2 Å². The Bertz CT molecular complexity index is 783. The molecule has 1 N–H and O–H groups in total. The van der Waals surface area contributed by atoms with Crippen LogP contribution in [0.15, 0.2) is 24.3 Å². The normalized spacial score (nSPS) is 16.8. The second-order valence-electron chi connectivity index (χ2n) is 5.80. The number of rotatable bonds is 4. The minimum absolute atomic E-state index is 0.222. The van der Waals surface area contributed by atoms with E-state index in [-0.39, 0.29) is 5.91 Å². The van der Waals surface area contributed by atoms with E-state index in [4.69, 9.17) is 9.47 Å². The van der Waals surface area contributed by atoms with Crippen LogP contribution in [0.2, 0.25) is 0 Å². The number of nitrogens with one attached hydrogen (secondary N) is 1. The van der Waals surface area contributed by atoms with Crippen molar-refractivity contribution in [1.82, 2.24) is 10.2 Å². The van der Waals surface area contributed by atoms with Gasteiger partial charge in [0.15, 0.2) is 11.5 Å². The number of hydrogen-bond acceptors (Lipinski definition) is 6. The molecule has 0 saturated heterocycles. The molecule has 1 aromatic heterocycles. The van der Waals surface area contributed by atoms with Crippen molar-refractivity contribution < 1.29 is 14.3 Å². The molecule has 6 nitrogen and oxygen atoms in total. The predicted octanol–water partition coefficient (Wildman–Crippen LogP) is 3.23. The van der Waals surface area contributed by atoms with E-state index in [1.165, 1.54) is 30.3 Å². The third kappa shape index (κ3) is 3.56. The molecule has 1 amide bonds. The van der Waals surface area contributed by atoms with Crippen molar-refractivity contribution >= 4 is 28.5 Å². The molecule has 7 heteroatoms. The van der Waals surface area contributed by atoms with Gasteiger partial charge in [-0.1, -0.05) is 17.4 Å². The summed E-state index contributed by atoms with van der Waals surface area (Å²) < 4.78 is 11.2. The zero-order valence-corrected chi connectivity index (χ0v) is 13.8. The molecule has 2 aliphatic rings. The van der Waals surface area contributed by atoms with E-state index in [2.05, 4.69) is 15.5 Å². The summed E-state index contributed by atoms with van der Waals surface area (Å²) in [5.41, 5.74) is 0.880. The molecular weight excluding hydrogens is 326 g/mol. The third-order valence-electron chi connectivity index (χ3n) is 3.80. The minimum Gasteiger partial charge on any atom is -0.490 e. The molecule has 1 aliphatic carbocycles. The average molecular weight is 343 g/mol. The Hall–Kier alpha value is -2.41. The largest absolute Gasteiger partial charge is 0.490 e. The van der Waals surface area contributed by atoms with E-state index >= 15 is 0 Å². The number of benzene rings is 1. The quantitative estimate of drug-likeness (QED) is 0.863. The molecule has 0 atom stereocenters. The number of carbonyl (C=O) groups excluding carboxylic acids is 1. The van der Waals surface area contributed by atoms with Crippen LogP contribution in [0, 0.1) is 0 Å². The maximum Gasteiger partial charge on any atom is 0.250 e. The topological polar surface area (TPSA) is 73.3 Å². The molecule has 1 fully saturated rings. The van der Waals surface area contributed by atoms with Crippen LogP contribution in [0.4, 0.5) is 5.13 Å². The fraction of sp³-hybridized carbons (Fsp3) is 0.353. The molecule has 0 bridgehead atoms. The number of carbonyl (C=O) groups is 1. The summed E-state index contributed by atoms with van der Waals surface area (Å²) in [6.45, 7) is 1.30. The van der Waals surface area contributed by atoms with Crippen LogP contribution >= 0.6 is 11.3 Å². The lowest BCUT2D eigenvalue weighted by Gasteiger charge is -2.07. The Morgan fingerprint density at radius 1 is 1.21 bits per heavy atom. The first-order valence-corrected chi connectivity index (χ1v) is 8.82. The molecule has 2 heterocycles. The molecule has 2 aromatic rings. The second kappa shape index (κ2) is 6.60. The zero-order valence-electron chi connectivity index (χ0n) is 13.0. The fourth-order valence-electron chi connectivity index (χ4n) is 2.38. The third-order valence-corrected chi connectivity index (χ3v) is 4.80.